The third-order valence-electron chi connectivity index (χ3n) is 4.07. The minimum absolute atomic E-state index is 0.0562. The van der Waals surface area contributed by atoms with Crippen molar-refractivity contribution in [2.45, 2.75) is 19.4 Å². The molecule has 0 saturated carbocycles. The monoisotopic (exact) mass is 394 g/mol. The summed E-state index contributed by atoms with van der Waals surface area (Å²) in [6.45, 7) is 0.860. The molecular formula is C22H22N2O3S. The smallest absolute Gasteiger partial charge is 0.252 e. The SMILES string of the molecule is O=C(CCCNC(=O)c1ccsc1)NCc1ccccc1Oc1ccccc1. The molecule has 5 nitrogen and oxygen atoms in total. The first-order valence-corrected chi connectivity index (χ1v) is 10.0. The van der Waals surface area contributed by atoms with Crippen LogP contribution < -0.4 is 15.4 Å². The van der Waals surface area contributed by atoms with Crippen molar-refractivity contribution in [1.29, 1.82) is 0 Å². The van der Waals surface area contributed by atoms with Gasteiger partial charge in [-0.2, -0.15) is 11.3 Å². The Bertz CT molecular complexity index is 895. The fourth-order valence-corrected chi connectivity index (χ4v) is 3.23. The average Bonchev–Trinajstić information content (AvgIpc) is 3.26. The van der Waals surface area contributed by atoms with Crippen molar-refractivity contribution >= 4 is 23.2 Å². The summed E-state index contributed by atoms with van der Waals surface area (Å²) in [6.07, 6.45) is 0.940. The molecule has 0 radical (unpaired) electrons. The van der Waals surface area contributed by atoms with E-state index in [0.29, 0.717) is 31.5 Å². The molecule has 3 aromatic rings. The van der Waals surface area contributed by atoms with Gasteiger partial charge in [0.05, 0.1) is 0 Å². The predicted octanol–water partition coefficient (Wildman–Crippen LogP) is 4.37. The first-order valence-electron chi connectivity index (χ1n) is 9.10. The Morgan fingerprint density at radius 3 is 2.50 bits per heavy atom. The highest BCUT2D eigenvalue weighted by atomic mass is 32.1. The molecule has 2 aromatic carbocycles. The van der Waals surface area contributed by atoms with Crippen molar-refractivity contribution in [2.75, 3.05) is 6.54 Å². The van der Waals surface area contributed by atoms with Gasteiger partial charge in [0.1, 0.15) is 11.5 Å². The highest BCUT2D eigenvalue weighted by Crippen LogP contribution is 2.24. The molecule has 3 rings (SSSR count). The van der Waals surface area contributed by atoms with Gasteiger partial charge in [0.25, 0.3) is 5.91 Å². The van der Waals surface area contributed by atoms with Gasteiger partial charge in [-0.05, 0) is 36.1 Å². The standard InChI is InChI=1S/C22H22N2O3S/c25-21(11-6-13-23-22(26)18-12-14-28-16-18)24-15-17-7-4-5-10-20(17)27-19-8-2-1-3-9-19/h1-5,7-10,12,14,16H,6,11,13,15H2,(H,23,26)(H,24,25). The summed E-state index contributed by atoms with van der Waals surface area (Å²) in [6, 6.07) is 18.9. The van der Waals surface area contributed by atoms with Crippen molar-refractivity contribution < 1.29 is 14.3 Å². The number of amides is 2. The molecule has 1 aromatic heterocycles. The van der Waals surface area contributed by atoms with Gasteiger partial charge < -0.3 is 15.4 Å². The molecule has 0 aliphatic rings. The first kappa shape index (κ1) is 19.6. The van der Waals surface area contributed by atoms with Crippen molar-refractivity contribution in [2.24, 2.45) is 0 Å². The highest BCUT2D eigenvalue weighted by molar-refractivity contribution is 7.08. The van der Waals surface area contributed by atoms with Crippen molar-refractivity contribution in [3.63, 3.8) is 0 Å². The Morgan fingerprint density at radius 1 is 0.929 bits per heavy atom. The number of nitrogens with one attached hydrogen (secondary N) is 2. The van der Waals surface area contributed by atoms with Crippen LogP contribution in [0.4, 0.5) is 0 Å². The highest BCUT2D eigenvalue weighted by Gasteiger charge is 2.08. The zero-order valence-corrected chi connectivity index (χ0v) is 16.2. The number of rotatable bonds is 9. The zero-order chi connectivity index (χ0) is 19.6. The van der Waals surface area contributed by atoms with E-state index in [1.165, 1.54) is 11.3 Å². The maximum absolute atomic E-state index is 12.1. The van der Waals surface area contributed by atoms with Crippen LogP contribution in [0, 0.1) is 0 Å². The topological polar surface area (TPSA) is 67.4 Å². The molecular weight excluding hydrogens is 372 g/mol. The molecule has 0 bridgehead atoms. The van der Waals surface area contributed by atoms with E-state index in [1.54, 1.807) is 11.4 Å². The van der Waals surface area contributed by atoms with Crippen LogP contribution in [0.25, 0.3) is 0 Å². The van der Waals surface area contributed by atoms with Gasteiger partial charge in [-0.15, -0.1) is 0 Å². The maximum atomic E-state index is 12.1. The lowest BCUT2D eigenvalue weighted by molar-refractivity contribution is -0.121. The van der Waals surface area contributed by atoms with Crippen LogP contribution in [0.5, 0.6) is 11.5 Å². The number of ether oxygens (including phenoxy) is 1. The van der Waals surface area contributed by atoms with Crippen molar-refractivity contribution in [3.05, 3.63) is 82.6 Å². The number of para-hydroxylation sites is 2. The Labute approximate surface area is 168 Å². The largest absolute Gasteiger partial charge is 0.457 e. The Morgan fingerprint density at radius 2 is 1.71 bits per heavy atom. The van der Waals surface area contributed by atoms with Gasteiger partial charge in [0.15, 0.2) is 0 Å². The molecule has 0 fully saturated rings. The molecule has 1 heterocycles. The summed E-state index contributed by atoms with van der Waals surface area (Å²) in [5.41, 5.74) is 1.56. The lowest BCUT2D eigenvalue weighted by Gasteiger charge is -2.12. The quantitative estimate of drug-likeness (QED) is 0.530. The minimum atomic E-state index is -0.103. The summed E-state index contributed by atoms with van der Waals surface area (Å²) in [5, 5.41) is 9.39. The van der Waals surface area contributed by atoms with Crippen molar-refractivity contribution in [3.8, 4) is 11.5 Å². The molecule has 28 heavy (non-hydrogen) atoms. The van der Waals surface area contributed by atoms with E-state index in [2.05, 4.69) is 10.6 Å². The number of carbonyl (C=O) groups excluding carboxylic acids is 2. The van der Waals surface area contributed by atoms with Crippen LogP contribution in [0.15, 0.2) is 71.4 Å². The lowest BCUT2D eigenvalue weighted by atomic mass is 10.2. The second-order valence-corrected chi connectivity index (χ2v) is 6.95. The van der Waals surface area contributed by atoms with Gasteiger partial charge in [0.2, 0.25) is 5.91 Å². The minimum Gasteiger partial charge on any atom is -0.457 e. The van der Waals surface area contributed by atoms with Crippen LogP contribution in [0.2, 0.25) is 0 Å². The normalized spacial score (nSPS) is 10.3. The summed E-state index contributed by atoms with van der Waals surface area (Å²) >= 11 is 1.48. The third kappa shape index (κ3) is 5.96. The molecule has 2 amide bonds. The van der Waals surface area contributed by atoms with E-state index < -0.39 is 0 Å². The Balaban J connectivity index is 1.41. The predicted molar refractivity (Wildman–Crippen MR) is 111 cm³/mol. The fourth-order valence-electron chi connectivity index (χ4n) is 2.59. The summed E-state index contributed by atoms with van der Waals surface area (Å²) < 4.78 is 5.90. The second kappa shape index (κ2) is 10.3. The van der Waals surface area contributed by atoms with E-state index in [9.17, 15) is 9.59 Å². The summed E-state index contributed by atoms with van der Waals surface area (Å²) in [7, 11) is 0. The molecule has 2 N–H and O–H groups in total. The Kier molecular flexibility index (Phi) is 7.21. The van der Waals surface area contributed by atoms with Gasteiger partial charge in [-0.1, -0.05) is 36.4 Å². The van der Waals surface area contributed by atoms with Gasteiger partial charge in [-0.25, -0.2) is 0 Å². The van der Waals surface area contributed by atoms with E-state index in [0.717, 1.165) is 17.1 Å². The summed E-state index contributed by atoms with van der Waals surface area (Å²) in [4.78, 5) is 23.9. The zero-order valence-electron chi connectivity index (χ0n) is 15.4. The molecule has 0 unspecified atom stereocenters. The van der Waals surface area contributed by atoms with E-state index in [4.69, 9.17) is 4.74 Å². The van der Waals surface area contributed by atoms with Gasteiger partial charge >= 0.3 is 0 Å². The number of carbonyl (C=O) groups is 2. The van der Waals surface area contributed by atoms with E-state index in [1.807, 2.05) is 60.0 Å². The van der Waals surface area contributed by atoms with Crippen LogP contribution >= 0.6 is 11.3 Å². The number of hydrogen-bond acceptors (Lipinski definition) is 4. The maximum Gasteiger partial charge on any atom is 0.252 e. The fraction of sp³-hybridized carbons (Fsp3) is 0.182. The number of thiophene rings is 1. The summed E-state index contributed by atoms with van der Waals surface area (Å²) in [5.74, 6) is 1.31. The van der Waals surface area contributed by atoms with E-state index in [-0.39, 0.29) is 11.8 Å². The van der Waals surface area contributed by atoms with Gasteiger partial charge in [-0.3, -0.25) is 9.59 Å². The molecule has 0 spiro atoms. The average molecular weight is 394 g/mol. The first-order chi connectivity index (χ1) is 13.7. The Hall–Kier alpha value is -3.12. The van der Waals surface area contributed by atoms with Crippen LogP contribution in [0.1, 0.15) is 28.8 Å². The molecule has 0 atom stereocenters. The molecule has 144 valence electrons. The number of hydrogen-bond donors (Lipinski definition) is 2. The second-order valence-electron chi connectivity index (χ2n) is 6.17. The van der Waals surface area contributed by atoms with Gasteiger partial charge in [0, 0.05) is 36.0 Å². The lowest BCUT2D eigenvalue weighted by Crippen LogP contribution is -2.27. The van der Waals surface area contributed by atoms with Crippen LogP contribution in [-0.4, -0.2) is 18.4 Å². The molecule has 0 aliphatic heterocycles. The van der Waals surface area contributed by atoms with Crippen molar-refractivity contribution in [1.82, 2.24) is 10.6 Å². The van der Waals surface area contributed by atoms with Crippen LogP contribution in [-0.2, 0) is 11.3 Å². The van der Waals surface area contributed by atoms with E-state index >= 15 is 0 Å². The molecule has 0 aliphatic carbocycles. The third-order valence-corrected chi connectivity index (χ3v) is 4.75. The molecule has 0 saturated heterocycles. The molecule has 6 heteroatoms. The van der Waals surface area contributed by atoms with Crippen LogP contribution in [0.3, 0.4) is 0 Å². The number of benzene rings is 2.